The molecular weight excluding hydrogens is 284 g/mol. The zero-order valence-electron chi connectivity index (χ0n) is 13.7. The van der Waals surface area contributed by atoms with E-state index in [-0.39, 0.29) is 0 Å². The van der Waals surface area contributed by atoms with Crippen LogP contribution in [0, 0.1) is 0 Å². The van der Waals surface area contributed by atoms with E-state index < -0.39 is 0 Å². The van der Waals surface area contributed by atoms with Gasteiger partial charge < -0.3 is 9.64 Å². The second-order valence-electron chi connectivity index (χ2n) is 5.60. The number of aromatic nitrogens is 1. The lowest BCUT2D eigenvalue weighted by molar-refractivity contribution is 0.415. The Bertz CT molecular complexity index is 836. The van der Waals surface area contributed by atoms with E-state index in [1.54, 1.807) is 7.11 Å². The normalized spacial score (nSPS) is 11.1. The number of benzene rings is 2. The molecule has 0 atom stereocenters. The Morgan fingerprint density at radius 2 is 1.74 bits per heavy atom. The van der Waals surface area contributed by atoms with Crippen molar-refractivity contribution in [3.63, 3.8) is 0 Å². The molecule has 3 nitrogen and oxygen atoms in total. The van der Waals surface area contributed by atoms with Crippen molar-refractivity contribution in [1.82, 2.24) is 4.98 Å². The second-order valence-corrected chi connectivity index (χ2v) is 5.60. The first kappa shape index (κ1) is 15.1. The van der Waals surface area contributed by atoms with Crippen LogP contribution in [-0.4, -0.2) is 26.2 Å². The fraction of sp³-hybridized carbons (Fsp3) is 0.150. The monoisotopic (exact) mass is 304 g/mol. The fourth-order valence-corrected chi connectivity index (χ4v) is 2.49. The predicted molar refractivity (Wildman–Crippen MR) is 98.0 cm³/mol. The average Bonchev–Trinajstić information content (AvgIpc) is 2.59. The molecule has 116 valence electrons. The highest BCUT2D eigenvalue weighted by Gasteiger charge is 2.01. The zero-order chi connectivity index (χ0) is 16.2. The van der Waals surface area contributed by atoms with Gasteiger partial charge in [-0.05, 0) is 47.5 Å². The number of ether oxygens (including phenoxy) is 1. The molecule has 1 aromatic heterocycles. The van der Waals surface area contributed by atoms with Crippen LogP contribution in [0.25, 0.3) is 23.1 Å². The van der Waals surface area contributed by atoms with Gasteiger partial charge in [0.1, 0.15) is 5.75 Å². The smallest absolute Gasteiger partial charge is 0.119 e. The number of nitrogens with zero attached hydrogens (tertiary/aromatic N) is 2. The number of pyridine rings is 1. The fourth-order valence-electron chi connectivity index (χ4n) is 2.49. The summed E-state index contributed by atoms with van der Waals surface area (Å²) in [6, 6.07) is 16.4. The van der Waals surface area contributed by atoms with E-state index in [1.165, 1.54) is 11.3 Å². The highest BCUT2D eigenvalue weighted by molar-refractivity contribution is 5.91. The van der Waals surface area contributed by atoms with E-state index in [2.05, 4.69) is 46.3 Å². The van der Waals surface area contributed by atoms with Crippen molar-refractivity contribution < 1.29 is 4.74 Å². The summed E-state index contributed by atoms with van der Waals surface area (Å²) in [5, 5.41) is 1.09. The summed E-state index contributed by atoms with van der Waals surface area (Å²) in [6.45, 7) is 0. The summed E-state index contributed by atoms with van der Waals surface area (Å²) in [7, 11) is 5.77. The van der Waals surface area contributed by atoms with Crippen molar-refractivity contribution in [2.24, 2.45) is 0 Å². The standard InChI is InChI=1S/C20H20N2O/c1-22(2)17-8-5-15(6-9-17)4-7-16-12-13-21-20-11-10-18(23-3)14-19(16)20/h4-14H,1-3H3. The lowest BCUT2D eigenvalue weighted by Crippen LogP contribution is -2.07. The molecule has 0 aliphatic carbocycles. The van der Waals surface area contributed by atoms with Gasteiger partial charge >= 0.3 is 0 Å². The van der Waals surface area contributed by atoms with E-state index in [1.807, 2.05) is 44.6 Å². The highest BCUT2D eigenvalue weighted by atomic mass is 16.5. The molecule has 0 amide bonds. The van der Waals surface area contributed by atoms with Gasteiger partial charge in [0.15, 0.2) is 0 Å². The van der Waals surface area contributed by atoms with E-state index in [4.69, 9.17) is 4.74 Å². The molecule has 0 aliphatic rings. The molecule has 0 saturated heterocycles. The van der Waals surface area contributed by atoms with Crippen LogP contribution in [0.1, 0.15) is 11.1 Å². The van der Waals surface area contributed by atoms with Crippen LogP contribution >= 0.6 is 0 Å². The molecule has 23 heavy (non-hydrogen) atoms. The van der Waals surface area contributed by atoms with Crippen LogP contribution in [0.15, 0.2) is 54.7 Å². The molecule has 0 spiro atoms. The van der Waals surface area contributed by atoms with Gasteiger partial charge in [0.25, 0.3) is 0 Å². The first-order valence-corrected chi connectivity index (χ1v) is 7.55. The lowest BCUT2D eigenvalue weighted by Gasteiger charge is -2.11. The van der Waals surface area contributed by atoms with Gasteiger partial charge in [0.2, 0.25) is 0 Å². The third kappa shape index (κ3) is 3.34. The molecule has 0 fully saturated rings. The highest BCUT2D eigenvalue weighted by Crippen LogP contribution is 2.24. The number of hydrogen-bond donors (Lipinski definition) is 0. The van der Waals surface area contributed by atoms with Gasteiger partial charge in [-0.2, -0.15) is 0 Å². The Hall–Kier alpha value is -2.81. The van der Waals surface area contributed by atoms with Gasteiger partial charge in [-0.1, -0.05) is 24.3 Å². The Morgan fingerprint density at radius 1 is 0.957 bits per heavy atom. The number of hydrogen-bond acceptors (Lipinski definition) is 3. The minimum Gasteiger partial charge on any atom is -0.497 e. The van der Waals surface area contributed by atoms with Crippen LogP contribution in [0.2, 0.25) is 0 Å². The minimum atomic E-state index is 0.843. The van der Waals surface area contributed by atoms with E-state index in [0.717, 1.165) is 22.2 Å². The van der Waals surface area contributed by atoms with Crippen LogP contribution in [0.3, 0.4) is 0 Å². The molecular formula is C20H20N2O. The van der Waals surface area contributed by atoms with Gasteiger partial charge in [0.05, 0.1) is 12.6 Å². The summed E-state index contributed by atoms with van der Waals surface area (Å²) >= 11 is 0. The zero-order valence-corrected chi connectivity index (χ0v) is 13.7. The second kappa shape index (κ2) is 6.53. The molecule has 3 aromatic rings. The van der Waals surface area contributed by atoms with Crippen LogP contribution in [-0.2, 0) is 0 Å². The van der Waals surface area contributed by atoms with Crippen molar-refractivity contribution in [1.29, 1.82) is 0 Å². The molecule has 1 heterocycles. The van der Waals surface area contributed by atoms with Crippen molar-refractivity contribution in [2.75, 3.05) is 26.1 Å². The first-order valence-electron chi connectivity index (χ1n) is 7.55. The van der Waals surface area contributed by atoms with Crippen molar-refractivity contribution in [2.45, 2.75) is 0 Å². The van der Waals surface area contributed by atoms with E-state index >= 15 is 0 Å². The Labute approximate surface area is 136 Å². The summed E-state index contributed by atoms with van der Waals surface area (Å²) in [5.74, 6) is 0.843. The first-order chi connectivity index (χ1) is 11.2. The van der Waals surface area contributed by atoms with E-state index in [0.29, 0.717) is 0 Å². The van der Waals surface area contributed by atoms with Crippen molar-refractivity contribution in [3.8, 4) is 5.75 Å². The molecule has 0 aliphatic heterocycles. The molecule has 0 unspecified atom stereocenters. The van der Waals surface area contributed by atoms with Crippen molar-refractivity contribution in [3.05, 3.63) is 65.9 Å². The third-order valence-corrected chi connectivity index (χ3v) is 3.85. The predicted octanol–water partition coefficient (Wildman–Crippen LogP) is 4.48. The molecule has 0 bridgehead atoms. The molecule has 0 radical (unpaired) electrons. The lowest BCUT2D eigenvalue weighted by atomic mass is 10.1. The molecule has 3 heteroatoms. The summed E-state index contributed by atoms with van der Waals surface area (Å²) < 4.78 is 5.32. The maximum Gasteiger partial charge on any atom is 0.119 e. The number of anilines is 1. The Kier molecular flexibility index (Phi) is 4.29. The average molecular weight is 304 g/mol. The molecule has 3 rings (SSSR count). The molecule has 0 saturated carbocycles. The van der Waals surface area contributed by atoms with Gasteiger partial charge in [-0.3, -0.25) is 4.98 Å². The largest absolute Gasteiger partial charge is 0.497 e. The quantitative estimate of drug-likeness (QED) is 0.710. The van der Waals surface area contributed by atoms with Crippen molar-refractivity contribution >= 4 is 28.7 Å². The number of rotatable bonds is 4. The van der Waals surface area contributed by atoms with E-state index in [9.17, 15) is 0 Å². The summed E-state index contributed by atoms with van der Waals surface area (Å²) in [5.41, 5.74) is 4.46. The van der Waals surface area contributed by atoms with Crippen LogP contribution in [0.4, 0.5) is 5.69 Å². The summed E-state index contributed by atoms with van der Waals surface area (Å²) in [4.78, 5) is 6.50. The maximum absolute atomic E-state index is 5.32. The van der Waals surface area contributed by atoms with Gasteiger partial charge in [0, 0.05) is 31.4 Å². The van der Waals surface area contributed by atoms with Crippen LogP contribution < -0.4 is 9.64 Å². The number of fused-ring (bicyclic) bond motifs is 1. The Balaban J connectivity index is 1.94. The number of methoxy groups -OCH3 is 1. The topological polar surface area (TPSA) is 25.4 Å². The molecule has 2 aromatic carbocycles. The minimum absolute atomic E-state index is 0.843. The van der Waals surface area contributed by atoms with Crippen LogP contribution in [0.5, 0.6) is 5.75 Å². The SMILES string of the molecule is COc1ccc2nccc(C=Cc3ccc(N(C)C)cc3)c2c1. The van der Waals surface area contributed by atoms with Gasteiger partial charge in [-0.25, -0.2) is 0 Å². The summed E-state index contributed by atoms with van der Waals surface area (Å²) in [6.07, 6.45) is 6.07. The third-order valence-electron chi connectivity index (χ3n) is 3.85. The van der Waals surface area contributed by atoms with Gasteiger partial charge in [-0.15, -0.1) is 0 Å². The maximum atomic E-state index is 5.32. The molecule has 0 N–H and O–H groups in total. The Morgan fingerprint density at radius 3 is 2.43 bits per heavy atom.